The summed E-state index contributed by atoms with van der Waals surface area (Å²) < 4.78 is 5.68. The van der Waals surface area contributed by atoms with Crippen molar-refractivity contribution in [2.45, 2.75) is 57.0 Å². The highest BCUT2D eigenvalue weighted by Gasteiger charge is 2.40. The van der Waals surface area contributed by atoms with Crippen LogP contribution in [-0.4, -0.2) is 53.2 Å². The van der Waals surface area contributed by atoms with Gasteiger partial charge in [-0.15, -0.1) is 0 Å². The van der Waals surface area contributed by atoms with Gasteiger partial charge in [0.05, 0.1) is 5.92 Å². The monoisotopic (exact) mass is 476 g/mol. The second-order valence-corrected chi connectivity index (χ2v) is 10.1. The summed E-state index contributed by atoms with van der Waals surface area (Å²) in [5.74, 6) is -1.30. The van der Waals surface area contributed by atoms with E-state index in [1.165, 1.54) is 0 Å². The number of carbonyl (C=O) groups excluding carboxylic acids is 2. The van der Waals surface area contributed by atoms with Crippen LogP contribution >= 0.6 is 0 Å². The van der Waals surface area contributed by atoms with Crippen LogP contribution in [0.2, 0.25) is 0 Å². The Morgan fingerprint density at radius 3 is 2.26 bits per heavy atom. The standard InChI is InChI=1S/C28H32N2O5/c1-17-19(27(32)33)11-6-14-30(17)26(31)25(15-18-12-13-18)29-28(34)35-16-24-22-9-4-2-7-20(22)21-8-3-5-10-23(21)24/h2-5,7-10,17-19,24-25H,6,11-16H2,1H3,(H,29,34)(H,32,33)/t17-,19-,25+/m1/s1. The minimum atomic E-state index is -0.877. The molecule has 2 aromatic rings. The number of aliphatic carboxylic acids is 1. The van der Waals surface area contributed by atoms with E-state index in [1.54, 1.807) is 11.8 Å². The van der Waals surface area contributed by atoms with Gasteiger partial charge >= 0.3 is 12.1 Å². The third kappa shape index (κ3) is 4.77. The second-order valence-electron chi connectivity index (χ2n) is 10.1. The van der Waals surface area contributed by atoms with Crippen molar-refractivity contribution in [3.63, 3.8) is 0 Å². The number of fused-ring (bicyclic) bond motifs is 3. The highest BCUT2D eigenvalue weighted by molar-refractivity contribution is 5.87. The molecule has 2 fully saturated rings. The lowest BCUT2D eigenvalue weighted by Crippen LogP contribution is -2.56. The number of carboxylic acid groups (broad SMARTS) is 1. The van der Waals surface area contributed by atoms with Gasteiger partial charge in [0.15, 0.2) is 0 Å². The Balaban J connectivity index is 1.26. The molecule has 1 saturated heterocycles. The van der Waals surface area contributed by atoms with Gasteiger partial charge in [-0.1, -0.05) is 61.4 Å². The number of nitrogens with zero attached hydrogens (tertiary/aromatic N) is 1. The van der Waals surface area contributed by atoms with E-state index in [0.717, 1.165) is 35.1 Å². The molecule has 2 amide bonds. The first-order chi connectivity index (χ1) is 16.9. The van der Waals surface area contributed by atoms with Gasteiger partial charge in [0, 0.05) is 18.5 Å². The molecule has 3 atom stereocenters. The third-order valence-corrected chi connectivity index (χ3v) is 7.79. The summed E-state index contributed by atoms with van der Waals surface area (Å²) in [7, 11) is 0. The molecule has 35 heavy (non-hydrogen) atoms. The van der Waals surface area contributed by atoms with Gasteiger partial charge in [-0.2, -0.15) is 0 Å². The van der Waals surface area contributed by atoms with Crippen molar-refractivity contribution in [2.24, 2.45) is 11.8 Å². The number of alkyl carbamates (subject to hydrolysis) is 1. The van der Waals surface area contributed by atoms with E-state index in [1.807, 2.05) is 24.3 Å². The summed E-state index contributed by atoms with van der Waals surface area (Å²) in [6, 6.07) is 15.2. The zero-order valence-electron chi connectivity index (χ0n) is 20.0. The first-order valence-electron chi connectivity index (χ1n) is 12.6. The molecule has 5 rings (SSSR count). The van der Waals surface area contributed by atoms with Crippen molar-refractivity contribution >= 4 is 18.0 Å². The maximum Gasteiger partial charge on any atom is 0.407 e. The van der Waals surface area contributed by atoms with Gasteiger partial charge in [0.25, 0.3) is 0 Å². The number of piperidine rings is 1. The average Bonchev–Trinajstić information content (AvgIpc) is 3.62. The first-order valence-corrected chi connectivity index (χ1v) is 12.6. The Hall–Kier alpha value is -3.35. The van der Waals surface area contributed by atoms with E-state index in [2.05, 4.69) is 29.6 Å². The van der Waals surface area contributed by atoms with Crippen LogP contribution in [0.15, 0.2) is 48.5 Å². The summed E-state index contributed by atoms with van der Waals surface area (Å²) in [4.78, 5) is 39.6. The number of benzene rings is 2. The minimum absolute atomic E-state index is 0.0517. The normalized spacial score (nSPS) is 22.1. The van der Waals surface area contributed by atoms with Crippen LogP contribution in [0, 0.1) is 11.8 Å². The maximum absolute atomic E-state index is 13.4. The highest BCUT2D eigenvalue weighted by Crippen LogP contribution is 2.44. The molecule has 2 N–H and O–H groups in total. The van der Waals surface area contributed by atoms with Gasteiger partial charge in [-0.05, 0) is 54.4 Å². The van der Waals surface area contributed by atoms with Crippen LogP contribution in [0.3, 0.4) is 0 Å². The lowest BCUT2D eigenvalue weighted by atomic mass is 9.89. The fourth-order valence-corrected chi connectivity index (χ4v) is 5.68. The number of likely N-dealkylation sites (tertiary alicyclic amines) is 1. The Morgan fingerprint density at radius 1 is 1.03 bits per heavy atom. The Labute approximate surface area is 205 Å². The smallest absolute Gasteiger partial charge is 0.407 e. The predicted octanol–water partition coefficient (Wildman–Crippen LogP) is 4.41. The molecule has 0 radical (unpaired) electrons. The van der Waals surface area contributed by atoms with E-state index in [-0.39, 0.29) is 18.4 Å². The summed E-state index contributed by atoms with van der Waals surface area (Å²) in [5.41, 5.74) is 4.58. The molecule has 0 bridgehead atoms. The van der Waals surface area contributed by atoms with Crippen LogP contribution in [0.1, 0.15) is 56.1 Å². The molecule has 2 aliphatic carbocycles. The topological polar surface area (TPSA) is 95.9 Å². The Bertz CT molecular complexity index is 1080. The number of carbonyl (C=O) groups is 3. The van der Waals surface area contributed by atoms with Crippen LogP contribution in [0.25, 0.3) is 11.1 Å². The molecule has 7 nitrogen and oxygen atoms in total. The lowest BCUT2D eigenvalue weighted by molar-refractivity contribution is -0.149. The maximum atomic E-state index is 13.4. The number of carboxylic acids is 1. The molecule has 7 heteroatoms. The highest BCUT2D eigenvalue weighted by atomic mass is 16.5. The summed E-state index contributed by atoms with van der Waals surface area (Å²) in [5, 5.41) is 12.4. The van der Waals surface area contributed by atoms with Crippen molar-refractivity contribution in [1.29, 1.82) is 0 Å². The minimum Gasteiger partial charge on any atom is -0.481 e. The molecule has 1 heterocycles. The van der Waals surface area contributed by atoms with Gasteiger partial charge in [0.2, 0.25) is 5.91 Å². The molecule has 1 aliphatic heterocycles. The largest absolute Gasteiger partial charge is 0.481 e. The van der Waals surface area contributed by atoms with Crippen LogP contribution < -0.4 is 5.32 Å². The molecule has 0 spiro atoms. The number of ether oxygens (including phenoxy) is 1. The van der Waals surface area contributed by atoms with Gasteiger partial charge in [0.1, 0.15) is 12.6 Å². The number of amides is 2. The number of rotatable bonds is 7. The van der Waals surface area contributed by atoms with Crippen molar-refractivity contribution in [3.05, 3.63) is 59.7 Å². The molecule has 184 valence electrons. The number of hydrogen-bond acceptors (Lipinski definition) is 4. The van der Waals surface area contributed by atoms with Crippen LogP contribution in [0.5, 0.6) is 0 Å². The molecule has 0 unspecified atom stereocenters. The quantitative estimate of drug-likeness (QED) is 0.617. The fourth-order valence-electron chi connectivity index (χ4n) is 5.68. The predicted molar refractivity (Wildman–Crippen MR) is 131 cm³/mol. The van der Waals surface area contributed by atoms with E-state index >= 15 is 0 Å². The third-order valence-electron chi connectivity index (χ3n) is 7.79. The van der Waals surface area contributed by atoms with Crippen molar-refractivity contribution < 1.29 is 24.2 Å². The van der Waals surface area contributed by atoms with Crippen molar-refractivity contribution in [3.8, 4) is 11.1 Å². The molecular formula is C28H32N2O5. The number of nitrogens with one attached hydrogen (secondary N) is 1. The zero-order chi connectivity index (χ0) is 24.5. The molecule has 3 aliphatic rings. The van der Waals surface area contributed by atoms with Crippen LogP contribution in [-0.2, 0) is 14.3 Å². The zero-order valence-corrected chi connectivity index (χ0v) is 20.0. The van der Waals surface area contributed by atoms with E-state index < -0.39 is 30.1 Å². The van der Waals surface area contributed by atoms with Gasteiger partial charge < -0.3 is 20.1 Å². The molecule has 1 saturated carbocycles. The van der Waals surface area contributed by atoms with Gasteiger partial charge in [-0.25, -0.2) is 4.79 Å². The molecule has 0 aromatic heterocycles. The van der Waals surface area contributed by atoms with Crippen molar-refractivity contribution in [1.82, 2.24) is 10.2 Å². The van der Waals surface area contributed by atoms with E-state index in [0.29, 0.717) is 31.7 Å². The average molecular weight is 477 g/mol. The summed E-state index contributed by atoms with van der Waals surface area (Å²) in [6.07, 6.45) is 3.25. The lowest BCUT2D eigenvalue weighted by Gasteiger charge is -2.39. The number of hydrogen-bond donors (Lipinski definition) is 2. The van der Waals surface area contributed by atoms with Crippen molar-refractivity contribution in [2.75, 3.05) is 13.2 Å². The molecule has 2 aromatic carbocycles. The fraction of sp³-hybridized carbons (Fsp3) is 0.464. The summed E-state index contributed by atoms with van der Waals surface area (Å²) in [6.45, 7) is 2.49. The Morgan fingerprint density at radius 2 is 1.66 bits per heavy atom. The molecular weight excluding hydrogens is 444 g/mol. The van der Waals surface area contributed by atoms with Crippen LogP contribution in [0.4, 0.5) is 4.79 Å². The van der Waals surface area contributed by atoms with Gasteiger partial charge in [-0.3, -0.25) is 9.59 Å². The first kappa shape index (κ1) is 23.4. The Kier molecular flexibility index (Phi) is 6.50. The summed E-state index contributed by atoms with van der Waals surface area (Å²) >= 11 is 0. The second kappa shape index (κ2) is 9.72. The van der Waals surface area contributed by atoms with E-state index in [4.69, 9.17) is 4.74 Å². The SMILES string of the molecule is C[C@@H]1[C@H](C(=O)O)CCCN1C(=O)[C@H](CC1CC1)NC(=O)OCC1c2ccccc2-c2ccccc21. The van der Waals surface area contributed by atoms with E-state index in [9.17, 15) is 19.5 Å².